The lowest BCUT2D eigenvalue weighted by molar-refractivity contribution is -0.166. The van der Waals surface area contributed by atoms with Crippen molar-refractivity contribution in [1.82, 2.24) is 4.90 Å². The maximum atomic E-state index is 12.4. The molecule has 1 heterocycles. The van der Waals surface area contributed by atoms with E-state index in [0.29, 0.717) is 22.8 Å². The van der Waals surface area contributed by atoms with Gasteiger partial charge in [0.15, 0.2) is 0 Å². The second-order valence-corrected chi connectivity index (χ2v) is 11.7. The van der Waals surface area contributed by atoms with Crippen LogP contribution >= 0.6 is 0 Å². The number of piperidine rings is 1. The normalized spacial score (nSPS) is 48.2. The molecule has 0 bridgehead atoms. The Labute approximate surface area is 174 Å². The quantitative estimate of drug-likeness (QED) is 0.482. The molecule has 0 aromatic heterocycles. The fourth-order valence-electron chi connectivity index (χ4n) is 8.86. The maximum absolute atomic E-state index is 12.4. The van der Waals surface area contributed by atoms with E-state index in [9.17, 15) is 4.79 Å². The van der Waals surface area contributed by atoms with Crippen LogP contribution in [0.15, 0.2) is 0 Å². The first-order valence-electron chi connectivity index (χ1n) is 12.6. The van der Waals surface area contributed by atoms with Crippen molar-refractivity contribution in [3.63, 3.8) is 0 Å². The summed E-state index contributed by atoms with van der Waals surface area (Å²) >= 11 is 0. The molecule has 3 saturated carbocycles. The molecule has 1 saturated heterocycles. The van der Waals surface area contributed by atoms with Gasteiger partial charge in [-0.15, -0.1) is 0 Å². The first-order valence-corrected chi connectivity index (χ1v) is 12.6. The number of likely N-dealkylation sites (tertiary alicyclic amines) is 1. The van der Waals surface area contributed by atoms with Crippen molar-refractivity contribution in [1.29, 1.82) is 0 Å². The minimum atomic E-state index is 0.361. The van der Waals surface area contributed by atoms with Crippen molar-refractivity contribution >= 4 is 5.91 Å². The van der Waals surface area contributed by atoms with Crippen LogP contribution in [0.5, 0.6) is 0 Å². The number of carbonyl (C=O) groups excluding carboxylic acids is 1. The molecule has 4 fully saturated rings. The van der Waals surface area contributed by atoms with E-state index in [2.05, 4.69) is 39.6 Å². The van der Waals surface area contributed by atoms with Crippen LogP contribution in [-0.2, 0) is 4.79 Å². The molecule has 1 amide bonds. The molecule has 3 aliphatic carbocycles. The smallest absolute Gasteiger partial charge is 0.222 e. The molecule has 4 rings (SSSR count). The van der Waals surface area contributed by atoms with Gasteiger partial charge in [-0.2, -0.15) is 0 Å². The fraction of sp³-hybridized carbons (Fsp3) is 0.962. The SMILES string of the molecule is CCCCCCC1CC[C@H]2[C@@H]3C(C)CC4N(C)C(=O)CC[C@]4(C)[C@@H]3CC[C@]12C. The van der Waals surface area contributed by atoms with Gasteiger partial charge in [0, 0.05) is 19.5 Å². The zero-order valence-electron chi connectivity index (χ0n) is 19.3. The number of nitrogens with zero attached hydrogens (tertiary/aromatic N) is 1. The monoisotopic (exact) mass is 387 g/mol. The van der Waals surface area contributed by atoms with Gasteiger partial charge in [-0.3, -0.25) is 4.79 Å². The number of carbonyl (C=O) groups is 1. The molecule has 0 aromatic carbocycles. The van der Waals surface area contributed by atoms with E-state index in [4.69, 9.17) is 0 Å². The van der Waals surface area contributed by atoms with Gasteiger partial charge in [0.1, 0.15) is 0 Å². The van der Waals surface area contributed by atoms with Crippen LogP contribution in [0.3, 0.4) is 0 Å². The first kappa shape index (κ1) is 20.7. The fourth-order valence-corrected chi connectivity index (χ4v) is 8.86. The summed E-state index contributed by atoms with van der Waals surface area (Å²) in [6.07, 6.45) is 16.1. The minimum absolute atomic E-state index is 0.361. The predicted octanol–water partition coefficient (Wildman–Crippen LogP) is 6.68. The van der Waals surface area contributed by atoms with E-state index < -0.39 is 0 Å². The van der Waals surface area contributed by atoms with Crippen LogP contribution in [0.4, 0.5) is 0 Å². The average Bonchev–Trinajstić information content (AvgIpc) is 3.00. The number of hydrogen-bond donors (Lipinski definition) is 0. The van der Waals surface area contributed by atoms with Crippen LogP contribution in [0.1, 0.15) is 105 Å². The van der Waals surface area contributed by atoms with E-state index in [-0.39, 0.29) is 0 Å². The van der Waals surface area contributed by atoms with E-state index in [1.807, 2.05) is 0 Å². The Morgan fingerprint density at radius 2 is 1.75 bits per heavy atom. The lowest BCUT2D eigenvalue weighted by Crippen LogP contribution is -2.63. The molecule has 0 N–H and O–H groups in total. The van der Waals surface area contributed by atoms with Gasteiger partial charge in [0.25, 0.3) is 0 Å². The second-order valence-electron chi connectivity index (χ2n) is 11.7. The number of unbranched alkanes of at least 4 members (excludes halogenated alkanes) is 3. The third-order valence-electron chi connectivity index (χ3n) is 10.5. The van der Waals surface area contributed by atoms with Crippen LogP contribution < -0.4 is 0 Å². The van der Waals surface area contributed by atoms with E-state index in [0.717, 1.165) is 42.4 Å². The molecule has 2 nitrogen and oxygen atoms in total. The molecule has 0 spiro atoms. The van der Waals surface area contributed by atoms with Crippen molar-refractivity contribution in [2.75, 3.05) is 7.05 Å². The summed E-state index contributed by atoms with van der Waals surface area (Å²) < 4.78 is 0. The highest BCUT2D eigenvalue weighted by Crippen LogP contribution is 2.67. The van der Waals surface area contributed by atoms with Gasteiger partial charge in [0.05, 0.1) is 0 Å². The number of rotatable bonds is 5. The highest BCUT2D eigenvalue weighted by Gasteiger charge is 2.62. The Balaban J connectivity index is 1.53. The summed E-state index contributed by atoms with van der Waals surface area (Å²) in [5, 5.41) is 0. The number of amides is 1. The summed E-state index contributed by atoms with van der Waals surface area (Å²) in [5.41, 5.74) is 0.960. The Bertz CT molecular complexity index is 587. The van der Waals surface area contributed by atoms with Gasteiger partial charge in [-0.1, -0.05) is 53.4 Å². The third kappa shape index (κ3) is 3.07. The first-order chi connectivity index (χ1) is 13.3. The van der Waals surface area contributed by atoms with Crippen LogP contribution in [0.2, 0.25) is 0 Å². The number of fused-ring (bicyclic) bond motifs is 5. The van der Waals surface area contributed by atoms with Crippen LogP contribution in [-0.4, -0.2) is 23.9 Å². The zero-order chi connectivity index (χ0) is 20.1. The van der Waals surface area contributed by atoms with Crippen LogP contribution in [0, 0.1) is 40.4 Å². The minimum Gasteiger partial charge on any atom is -0.342 e. The molecular weight excluding hydrogens is 342 g/mol. The largest absolute Gasteiger partial charge is 0.342 e. The molecule has 4 aliphatic rings. The van der Waals surface area contributed by atoms with Gasteiger partial charge < -0.3 is 4.90 Å². The summed E-state index contributed by atoms with van der Waals surface area (Å²) in [6, 6.07) is 0.487. The third-order valence-corrected chi connectivity index (χ3v) is 10.5. The van der Waals surface area contributed by atoms with Crippen molar-refractivity contribution in [2.45, 2.75) is 111 Å². The van der Waals surface area contributed by atoms with Crippen LogP contribution in [0.25, 0.3) is 0 Å². The lowest BCUT2D eigenvalue weighted by atomic mass is 9.44. The molecule has 2 heteroatoms. The molecule has 28 heavy (non-hydrogen) atoms. The van der Waals surface area contributed by atoms with Crippen molar-refractivity contribution in [3.05, 3.63) is 0 Å². The summed E-state index contributed by atoms with van der Waals surface area (Å²) in [6.45, 7) is 10.1. The predicted molar refractivity (Wildman–Crippen MR) is 117 cm³/mol. The molecule has 3 unspecified atom stereocenters. The van der Waals surface area contributed by atoms with Crippen molar-refractivity contribution in [3.8, 4) is 0 Å². The standard InChI is InChI=1S/C26H45NO/c1-6-7-8-9-10-19-11-12-20-24-18(2)17-22-26(4,16-14-23(28)27(22)5)21(24)13-15-25(19,20)3/h18-22,24H,6-17H2,1-5H3/t18?,19?,20-,21+,22?,24-,25+,26+/m0/s1. The van der Waals surface area contributed by atoms with Gasteiger partial charge in [-0.25, -0.2) is 0 Å². The lowest BCUT2D eigenvalue weighted by Gasteiger charge is -2.63. The average molecular weight is 388 g/mol. The maximum Gasteiger partial charge on any atom is 0.222 e. The Kier molecular flexibility index (Phi) is 5.64. The zero-order valence-corrected chi connectivity index (χ0v) is 19.3. The van der Waals surface area contributed by atoms with Gasteiger partial charge in [-0.05, 0) is 85.4 Å². The molecular formula is C26H45NO. The van der Waals surface area contributed by atoms with E-state index in [1.165, 1.54) is 64.2 Å². The Morgan fingerprint density at radius 3 is 2.50 bits per heavy atom. The molecule has 160 valence electrons. The van der Waals surface area contributed by atoms with E-state index >= 15 is 0 Å². The Morgan fingerprint density at radius 1 is 1.00 bits per heavy atom. The summed E-state index contributed by atoms with van der Waals surface area (Å²) in [4.78, 5) is 14.6. The summed E-state index contributed by atoms with van der Waals surface area (Å²) in [7, 11) is 2.09. The highest BCUT2D eigenvalue weighted by atomic mass is 16.2. The van der Waals surface area contributed by atoms with Crippen molar-refractivity contribution in [2.24, 2.45) is 40.4 Å². The van der Waals surface area contributed by atoms with Gasteiger partial charge in [0.2, 0.25) is 5.91 Å². The molecule has 8 atom stereocenters. The number of hydrogen-bond acceptors (Lipinski definition) is 1. The van der Waals surface area contributed by atoms with E-state index in [1.54, 1.807) is 0 Å². The second kappa shape index (κ2) is 7.62. The molecule has 0 radical (unpaired) electrons. The van der Waals surface area contributed by atoms with Crippen molar-refractivity contribution < 1.29 is 4.79 Å². The topological polar surface area (TPSA) is 20.3 Å². The Hall–Kier alpha value is -0.530. The highest BCUT2D eigenvalue weighted by molar-refractivity contribution is 5.77. The molecule has 0 aromatic rings. The van der Waals surface area contributed by atoms with Gasteiger partial charge >= 0.3 is 0 Å². The molecule has 1 aliphatic heterocycles. The summed E-state index contributed by atoms with van der Waals surface area (Å²) in [5.74, 6) is 4.83.